The van der Waals surface area contributed by atoms with Crippen LogP contribution in [-0.4, -0.2) is 21.6 Å². The van der Waals surface area contributed by atoms with Gasteiger partial charge in [-0.25, -0.2) is 0 Å². The zero-order valence-electron chi connectivity index (χ0n) is 10.9. The number of nitrogens with one attached hydrogen (secondary N) is 1. The molecule has 0 radical (unpaired) electrons. The van der Waals surface area contributed by atoms with E-state index in [0.29, 0.717) is 12.2 Å². The van der Waals surface area contributed by atoms with Crippen LogP contribution in [0.25, 0.3) is 0 Å². The summed E-state index contributed by atoms with van der Waals surface area (Å²) >= 11 is 0. The number of amides is 2. The number of aryl methyl sites for hydroxylation is 1. The summed E-state index contributed by atoms with van der Waals surface area (Å²) in [4.78, 5) is 23.2. The van der Waals surface area contributed by atoms with Gasteiger partial charge in [0.25, 0.3) is 5.91 Å². The number of nitrogens with two attached hydrogens (primary N) is 1. The summed E-state index contributed by atoms with van der Waals surface area (Å²) < 4.78 is 1.58. The lowest BCUT2D eigenvalue weighted by Crippen LogP contribution is -2.20. The van der Waals surface area contributed by atoms with E-state index in [1.54, 1.807) is 10.9 Å². The van der Waals surface area contributed by atoms with Gasteiger partial charge in [0.1, 0.15) is 0 Å². The van der Waals surface area contributed by atoms with Crippen molar-refractivity contribution in [2.75, 3.05) is 5.32 Å². The van der Waals surface area contributed by atoms with Crippen molar-refractivity contribution in [3.8, 4) is 0 Å². The fourth-order valence-corrected chi connectivity index (χ4v) is 1.99. The molecule has 1 atom stereocenters. The lowest BCUT2D eigenvalue weighted by Gasteiger charge is -2.05. The highest BCUT2D eigenvalue weighted by atomic mass is 16.2. The molecule has 0 saturated heterocycles. The van der Waals surface area contributed by atoms with Crippen LogP contribution in [0.1, 0.15) is 37.7 Å². The van der Waals surface area contributed by atoms with Crippen molar-refractivity contribution >= 4 is 17.5 Å². The minimum absolute atomic E-state index is 0.00297. The van der Waals surface area contributed by atoms with Crippen molar-refractivity contribution in [2.24, 2.45) is 17.1 Å². The maximum Gasteiger partial charge on any atom is 0.271 e. The van der Waals surface area contributed by atoms with Gasteiger partial charge in [0.2, 0.25) is 5.91 Å². The predicted octanol–water partition coefficient (Wildman–Crippen LogP) is 0.986. The van der Waals surface area contributed by atoms with Crippen LogP contribution in [0.15, 0.2) is 6.20 Å². The molecular formula is C12H18N4O2. The molecule has 0 unspecified atom stereocenters. The average molecular weight is 250 g/mol. The highest BCUT2D eigenvalue weighted by Gasteiger charge is 2.50. The smallest absolute Gasteiger partial charge is 0.271 e. The minimum Gasteiger partial charge on any atom is -0.364 e. The first-order valence-corrected chi connectivity index (χ1v) is 6.03. The van der Waals surface area contributed by atoms with Crippen LogP contribution in [0.3, 0.4) is 0 Å². The molecule has 0 aliphatic heterocycles. The van der Waals surface area contributed by atoms with Crippen LogP contribution in [0.2, 0.25) is 0 Å². The molecule has 1 aliphatic carbocycles. The van der Waals surface area contributed by atoms with Crippen LogP contribution < -0.4 is 11.1 Å². The number of carbonyl (C=O) groups excluding carboxylic acids is 2. The Morgan fingerprint density at radius 1 is 1.61 bits per heavy atom. The molecule has 1 heterocycles. The third-order valence-corrected chi connectivity index (χ3v) is 3.41. The Hall–Kier alpha value is -1.85. The van der Waals surface area contributed by atoms with Crippen molar-refractivity contribution in [3.63, 3.8) is 0 Å². The molecule has 2 rings (SSSR count). The van der Waals surface area contributed by atoms with Gasteiger partial charge in [0, 0.05) is 18.7 Å². The molecule has 2 amide bonds. The second kappa shape index (κ2) is 4.12. The van der Waals surface area contributed by atoms with Crippen molar-refractivity contribution in [3.05, 3.63) is 11.9 Å². The molecule has 1 aromatic rings. The van der Waals surface area contributed by atoms with Crippen molar-refractivity contribution in [2.45, 2.75) is 33.7 Å². The molecule has 1 aromatic heterocycles. The van der Waals surface area contributed by atoms with Crippen LogP contribution >= 0.6 is 0 Å². The normalized spacial score (nSPS) is 20.5. The van der Waals surface area contributed by atoms with Crippen molar-refractivity contribution < 1.29 is 9.59 Å². The van der Waals surface area contributed by atoms with E-state index in [0.717, 1.165) is 6.42 Å². The Morgan fingerprint density at radius 2 is 2.22 bits per heavy atom. The van der Waals surface area contributed by atoms with Gasteiger partial charge in [-0.15, -0.1) is 0 Å². The Balaban J connectivity index is 2.16. The maximum atomic E-state index is 12.0. The van der Waals surface area contributed by atoms with Gasteiger partial charge in [0.15, 0.2) is 5.69 Å². The molecule has 1 aliphatic rings. The van der Waals surface area contributed by atoms with Gasteiger partial charge in [-0.3, -0.25) is 14.3 Å². The van der Waals surface area contributed by atoms with E-state index >= 15 is 0 Å². The van der Waals surface area contributed by atoms with E-state index in [1.165, 1.54) is 0 Å². The van der Waals surface area contributed by atoms with Gasteiger partial charge in [-0.2, -0.15) is 5.10 Å². The summed E-state index contributed by atoms with van der Waals surface area (Å²) in [6, 6.07) is 0. The average Bonchev–Trinajstić information content (AvgIpc) is 2.74. The quantitative estimate of drug-likeness (QED) is 0.834. The lowest BCUT2D eigenvalue weighted by molar-refractivity contribution is -0.118. The molecule has 0 bridgehead atoms. The molecule has 1 fully saturated rings. The zero-order valence-corrected chi connectivity index (χ0v) is 10.9. The molecule has 3 N–H and O–H groups in total. The van der Waals surface area contributed by atoms with E-state index in [9.17, 15) is 9.59 Å². The van der Waals surface area contributed by atoms with Crippen molar-refractivity contribution in [1.29, 1.82) is 0 Å². The molecule has 1 saturated carbocycles. The summed E-state index contributed by atoms with van der Waals surface area (Å²) in [7, 11) is 0. The molecular weight excluding hydrogens is 232 g/mol. The van der Waals surface area contributed by atoms with E-state index < -0.39 is 5.91 Å². The van der Waals surface area contributed by atoms with E-state index in [2.05, 4.69) is 10.4 Å². The van der Waals surface area contributed by atoms with Gasteiger partial charge < -0.3 is 11.1 Å². The molecule has 98 valence electrons. The second-order valence-electron chi connectivity index (χ2n) is 5.35. The first kappa shape index (κ1) is 12.6. The molecule has 6 heteroatoms. The van der Waals surface area contributed by atoms with Crippen molar-refractivity contribution in [1.82, 2.24) is 9.78 Å². The SMILES string of the molecule is CCn1cc(NC(=O)[C@H]2CC2(C)C)c(C(N)=O)n1. The standard InChI is InChI=1S/C12H18N4O2/c1-4-16-6-8(9(15-16)10(13)17)14-11(18)7-5-12(7,2)3/h6-7H,4-5H2,1-3H3,(H2,13,17)(H,14,18)/t7-/m1/s1. The molecule has 6 nitrogen and oxygen atoms in total. The number of nitrogens with zero attached hydrogens (tertiary/aromatic N) is 2. The maximum absolute atomic E-state index is 12.0. The van der Waals surface area contributed by atoms with E-state index in [-0.39, 0.29) is 22.9 Å². The molecule has 18 heavy (non-hydrogen) atoms. The van der Waals surface area contributed by atoms with Gasteiger partial charge in [0.05, 0.1) is 5.69 Å². The highest BCUT2D eigenvalue weighted by Crippen LogP contribution is 2.52. The number of anilines is 1. The van der Waals surface area contributed by atoms with E-state index in [1.807, 2.05) is 20.8 Å². The Morgan fingerprint density at radius 3 is 2.67 bits per heavy atom. The third kappa shape index (κ3) is 2.23. The number of hydrogen-bond acceptors (Lipinski definition) is 3. The Kier molecular flexibility index (Phi) is 2.88. The van der Waals surface area contributed by atoms with Crippen LogP contribution in [0.4, 0.5) is 5.69 Å². The summed E-state index contributed by atoms with van der Waals surface area (Å²) in [6.07, 6.45) is 2.50. The lowest BCUT2D eigenvalue weighted by atomic mass is 10.1. The summed E-state index contributed by atoms with van der Waals surface area (Å²) in [5.41, 5.74) is 5.81. The van der Waals surface area contributed by atoms with Gasteiger partial charge >= 0.3 is 0 Å². The first-order valence-electron chi connectivity index (χ1n) is 6.03. The topological polar surface area (TPSA) is 90.0 Å². The zero-order chi connectivity index (χ0) is 13.5. The minimum atomic E-state index is -0.632. The Bertz CT molecular complexity index is 504. The number of hydrogen-bond donors (Lipinski definition) is 2. The van der Waals surface area contributed by atoms with Crippen LogP contribution in [-0.2, 0) is 11.3 Å². The van der Waals surface area contributed by atoms with Crippen LogP contribution in [0.5, 0.6) is 0 Å². The molecule has 0 spiro atoms. The van der Waals surface area contributed by atoms with Crippen LogP contribution in [0, 0.1) is 11.3 Å². The first-order chi connectivity index (χ1) is 8.35. The summed E-state index contributed by atoms with van der Waals surface area (Å²) in [6.45, 7) is 6.60. The van der Waals surface area contributed by atoms with Gasteiger partial charge in [-0.05, 0) is 18.8 Å². The summed E-state index contributed by atoms with van der Waals surface area (Å²) in [5, 5.41) is 6.77. The monoisotopic (exact) mass is 250 g/mol. The largest absolute Gasteiger partial charge is 0.364 e. The number of carbonyl (C=O) groups is 2. The highest BCUT2D eigenvalue weighted by molar-refractivity contribution is 6.02. The number of primary amides is 1. The Labute approximate surface area is 106 Å². The third-order valence-electron chi connectivity index (χ3n) is 3.41. The fourth-order valence-electron chi connectivity index (χ4n) is 1.99. The number of rotatable bonds is 4. The van der Waals surface area contributed by atoms with E-state index in [4.69, 9.17) is 5.73 Å². The second-order valence-corrected chi connectivity index (χ2v) is 5.35. The number of aromatic nitrogens is 2. The predicted molar refractivity (Wildman–Crippen MR) is 66.9 cm³/mol. The molecule has 0 aromatic carbocycles. The fraction of sp³-hybridized carbons (Fsp3) is 0.583. The van der Waals surface area contributed by atoms with Gasteiger partial charge in [-0.1, -0.05) is 13.8 Å². The summed E-state index contributed by atoms with van der Waals surface area (Å²) in [5.74, 6) is -0.700.